The van der Waals surface area contributed by atoms with Gasteiger partial charge in [0, 0.05) is 5.69 Å². The van der Waals surface area contributed by atoms with E-state index in [2.05, 4.69) is 4.74 Å². The number of rotatable bonds is 8. The molecule has 0 heterocycles. The van der Waals surface area contributed by atoms with E-state index >= 15 is 4.39 Å². The first kappa shape index (κ1) is 35.4. The van der Waals surface area contributed by atoms with Crippen molar-refractivity contribution in [2.45, 2.75) is 37.4 Å². The second-order valence-electron chi connectivity index (χ2n) is 10.0. The molecule has 1 unspecified atom stereocenters. The minimum atomic E-state index is -5.25. The van der Waals surface area contributed by atoms with Gasteiger partial charge in [0.15, 0.2) is 5.82 Å². The van der Waals surface area contributed by atoms with Crippen LogP contribution in [0.1, 0.15) is 34.3 Å². The lowest BCUT2D eigenvalue weighted by molar-refractivity contribution is -0.335. The van der Waals surface area contributed by atoms with Crippen molar-refractivity contribution in [1.82, 2.24) is 0 Å². The minimum Gasteiger partial charge on any atom is -0.326 e. The molecule has 0 bridgehead atoms. The quantitative estimate of drug-likeness (QED) is 0.208. The molecule has 0 aliphatic heterocycles. The zero-order valence-electron chi connectivity index (χ0n) is 23.0. The zero-order valence-corrected chi connectivity index (χ0v) is 23.8. The second-order valence-corrected chi connectivity index (χ2v) is 10.4. The van der Waals surface area contributed by atoms with Crippen molar-refractivity contribution in [3.63, 3.8) is 0 Å². The van der Waals surface area contributed by atoms with Crippen LogP contribution in [0.4, 0.5) is 65.4 Å². The van der Waals surface area contributed by atoms with Crippen molar-refractivity contribution in [2.24, 2.45) is 5.92 Å². The summed E-state index contributed by atoms with van der Waals surface area (Å²) in [6.07, 6.45) is -12.5. The number of hydrogen-bond donors (Lipinski definition) is 3. The molecular formula is C28H17ClF11N3O4. The summed E-state index contributed by atoms with van der Waals surface area (Å²) in [5, 5.41) is 5.24. The molecule has 4 rings (SSSR count). The standard InChI is InChI=1S/C28H17ClF11N3O4/c1-10(47-28(38,39)40)23(44)43-22-17(31)4-5-18(21(22)32)42-24(45)15-9-14(2-3-16(15)29)41-25(46)20-19(26(20,33)34)11-6-12(27(35,36)37)8-13(30)7-11/h2-10,19-20H,1H3,(H,41,46)(H,42,45)(H,43,44)/t10?,19-,20+/m0/s1. The van der Waals surface area contributed by atoms with Crippen LogP contribution in [-0.2, 0) is 20.5 Å². The Kier molecular flexibility index (Phi) is 9.51. The molecule has 3 aromatic rings. The Labute approximate surface area is 261 Å². The molecule has 0 saturated heterocycles. The van der Waals surface area contributed by atoms with Gasteiger partial charge in [0.2, 0.25) is 5.91 Å². The van der Waals surface area contributed by atoms with Gasteiger partial charge in [0.05, 0.1) is 27.8 Å². The van der Waals surface area contributed by atoms with Gasteiger partial charge >= 0.3 is 12.5 Å². The lowest BCUT2D eigenvalue weighted by atomic mass is 10.0. The number of carbonyl (C=O) groups excluding carboxylic acids is 3. The number of anilines is 3. The Bertz CT molecular complexity index is 1750. The van der Waals surface area contributed by atoms with Gasteiger partial charge in [-0.1, -0.05) is 11.6 Å². The van der Waals surface area contributed by atoms with Crippen LogP contribution < -0.4 is 16.0 Å². The molecular weight excluding hydrogens is 687 g/mol. The third kappa shape index (κ3) is 7.93. The summed E-state index contributed by atoms with van der Waals surface area (Å²) in [6.45, 7) is 0.647. The van der Waals surface area contributed by atoms with Crippen molar-refractivity contribution >= 4 is 46.4 Å². The third-order valence-corrected chi connectivity index (χ3v) is 7.02. The molecule has 3 atom stereocenters. The van der Waals surface area contributed by atoms with Gasteiger partial charge in [-0.05, 0) is 61.0 Å². The average Bonchev–Trinajstić information content (AvgIpc) is 3.53. The Morgan fingerprint density at radius 1 is 0.894 bits per heavy atom. The Balaban J connectivity index is 1.51. The molecule has 19 heteroatoms. The molecule has 1 saturated carbocycles. The summed E-state index contributed by atoms with van der Waals surface area (Å²) in [5.41, 5.74) is -5.25. The smallest absolute Gasteiger partial charge is 0.326 e. The van der Waals surface area contributed by atoms with Crippen LogP contribution in [0.3, 0.4) is 0 Å². The van der Waals surface area contributed by atoms with E-state index < -0.39 is 99.6 Å². The van der Waals surface area contributed by atoms with E-state index in [9.17, 15) is 58.3 Å². The fraction of sp³-hybridized carbons (Fsp3) is 0.250. The number of alkyl halides is 8. The van der Waals surface area contributed by atoms with E-state index in [1.807, 2.05) is 10.6 Å². The first-order valence-electron chi connectivity index (χ1n) is 12.8. The first-order valence-corrected chi connectivity index (χ1v) is 13.2. The average molecular weight is 704 g/mol. The van der Waals surface area contributed by atoms with Crippen LogP contribution in [0.15, 0.2) is 48.5 Å². The predicted molar refractivity (Wildman–Crippen MR) is 142 cm³/mol. The number of amides is 3. The molecule has 0 radical (unpaired) electrons. The van der Waals surface area contributed by atoms with Gasteiger partial charge in [-0.3, -0.25) is 19.1 Å². The molecule has 3 aromatic carbocycles. The van der Waals surface area contributed by atoms with Crippen molar-refractivity contribution < 1.29 is 67.4 Å². The lowest BCUT2D eigenvalue weighted by Gasteiger charge is -2.17. The normalized spacial score (nSPS) is 17.9. The molecule has 252 valence electrons. The maximum absolute atomic E-state index is 15.0. The lowest BCUT2D eigenvalue weighted by Crippen LogP contribution is -2.33. The molecule has 1 aliphatic carbocycles. The third-order valence-electron chi connectivity index (χ3n) is 6.69. The number of benzene rings is 3. The monoisotopic (exact) mass is 703 g/mol. The van der Waals surface area contributed by atoms with Crippen molar-refractivity contribution in [3.05, 3.63) is 87.7 Å². The fourth-order valence-electron chi connectivity index (χ4n) is 4.45. The summed E-state index contributed by atoms with van der Waals surface area (Å²) in [5.74, 6) is -17.0. The SMILES string of the molecule is CC(OC(F)(F)F)C(=O)Nc1c(F)ccc(NC(=O)c2cc(NC(=O)[C@H]3[C@H](c4cc(F)cc(C(F)(F)F)c4)C3(F)F)ccc2Cl)c1F. The van der Waals surface area contributed by atoms with Gasteiger partial charge in [-0.15, -0.1) is 13.2 Å². The van der Waals surface area contributed by atoms with Gasteiger partial charge in [-0.2, -0.15) is 13.2 Å². The number of hydrogen-bond acceptors (Lipinski definition) is 4. The van der Waals surface area contributed by atoms with E-state index in [1.54, 1.807) is 5.32 Å². The Morgan fingerprint density at radius 2 is 1.55 bits per heavy atom. The topological polar surface area (TPSA) is 96.5 Å². The van der Waals surface area contributed by atoms with E-state index in [4.69, 9.17) is 11.6 Å². The number of carbonyl (C=O) groups is 3. The van der Waals surface area contributed by atoms with Gasteiger partial charge in [-0.25, -0.2) is 22.0 Å². The summed E-state index contributed by atoms with van der Waals surface area (Å²) in [7, 11) is 0. The van der Waals surface area contributed by atoms with Crippen LogP contribution in [0, 0.1) is 23.4 Å². The molecule has 1 aliphatic rings. The summed E-state index contributed by atoms with van der Waals surface area (Å²) in [6, 6.07) is 4.95. The highest BCUT2D eigenvalue weighted by Gasteiger charge is 2.72. The number of halogens is 12. The zero-order chi connectivity index (χ0) is 35.2. The van der Waals surface area contributed by atoms with Crippen LogP contribution in [-0.4, -0.2) is 36.1 Å². The largest absolute Gasteiger partial charge is 0.523 e. The molecule has 47 heavy (non-hydrogen) atoms. The number of nitrogens with one attached hydrogen (secondary N) is 3. The van der Waals surface area contributed by atoms with Gasteiger partial charge in [0.25, 0.3) is 17.7 Å². The predicted octanol–water partition coefficient (Wildman–Crippen LogP) is 7.88. The fourth-order valence-corrected chi connectivity index (χ4v) is 4.66. The van der Waals surface area contributed by atoms with Crippen molar-refractivity contribution in [1.29, 1.82) is 0 Å². The van der Waals surface area contributed by atoms with Crippen molar-refractivity contribution in [2.75, 3.05) is 16.0 Å². The molecule has 3 amide bonds. The highest BCUT2D eigenvalue weighted by atomic mass is 35.5. The van der Waals surface area contributed by atoms with E-state index in [0.717, 1.165) is 18.2 Å². The first-order chi connectivity index (χ1) is 21.6. The number of ether oxygens (including phenoxy) is 1. The maximum Gasteiger partial charge on any atom is 0.523 e. The van der Waals surface area contributed by atoms with Crippen LogP contribution in [0.5, 0.6) is 0 Å². The van der Waals surface area contributed by atoms with E-state index in [1.165, 1.54) is 0 Å². The Hall–Kier alpha value is -4.45. The summed E-state index contributed by atoms with van der Waals surface area (Å²) < 4.78 is 152. The van der Waals surface area contributed by atoms with Crippen LogP contribution >= 0.6 is 11.6 Å². The summed E-state index contributed by atoms with van der Waals surface area (Å²) >= 11 is 6.00. The maximum atomic E-state index is 15.0. The molecule has 0 spiro atoms. The highest BCUT2D eigenvalue weighted by molar-refractivity contribution is 6.34. The highest BCUT2D eigenvalue weighted by Crippen LogP contribution is 2.62. The Morgan fingerprint density at radius 3 is 2.17 bits per heavy atom. The summed E-state index contributed by atoms with van der Waals surface area (Å²) in [4.78, 5) is 37.5. The molecule has 0 aromatic heterocycles. The minimum absolute atomic E-state index is 0.0994. The van der Waals surface area contributed by atoms with Gasteiger partial charge < -0.3 is 16.0 Å². The van der Waals surface area contributed by atoms with Crippen LogP contribution in [0.2, 0.25) is 5.02 Å². The van der Waals surface area contributed by atoms with Crippen LogP contribution in [0.25, 0.3) is 0 Å². The molecule has 3 N–H and O–H groups in total. The molecule has 1 fully saturated rings. The van der Waals surface area contributed by atoms with E-state index in [0.29, 0.717) is 31.2 Å². The van der Waals surface area contributed by atoms with Gasteiger partial charge in [0.1, 0.15) is 29.3 Å². The van der Waals surface area contributed by atoms with E-state index in [-0.39, 0.29) is 16.8 Å². The van der Waals surface area contributed by atoms with Crippen molar-refractivity contribution in [3.8, 4) is 0 Å². The molecule has 7 nitrogen and oxygen atoms in total. The second kappa shape index (κ2) is 12.6.